The molecule has 132 valence electrons. The van der Waals surface area contributed by atoms with Crippen LogP contribution >= 0.6 is 0 Å². The van der Waals surface area contributed by atoms with Crippen molar-refractivity contribution in [3.8, 4) is 0 Å². The van der Waals surface area contributed by atoms with Crippen molar-refractivity contribution in [1.29, 1.82) is 0 Å². The Hall–Kier alpha value is -0.810. The van der Waals surface area contributed by atoms with Crippen LogP contribution in [0.1, 0.15) is 61.8 Å². The zero-order chi connectivity index (χ0) is 17.6. The van der Waals surface area contributed by atoms with Gasteiger partial charge in [0.15, 0.2) is 0 Å². The molecule has 0 rings (SSSR count). The zero-order valence-electron chi connectivity index (χ0n) is 15.7. The van der Waals surface area contributed by atoms with Crippen LogP contribution in [-0.2, 0) is 4.74 Å². The van der Waals surface area contributed by atoms with Gasteiger partial charge >= 0.3 is 6.09 Å². The summed E-state index contributed by atoms with van der Waals surface area (Å²) in [5.74, 6) is 0. The van der Waals surface area contributed by atoms with E-state index >= 15 is 0 Å². The van der Waals surface area contributed by atoms with E-state index in [-0.39, 0.29) is 23.7 Å². The molecule has 0 saturated carbocycles. The molecule has 0 bridgehead atoms. The zero-order valence-corrected chi connectivity index (χ0v) is 15.7. The summed E-state index contributed by atoms with van der Waals surface area (Å²) < 4.78 is 5.49. The van der Waals surface area contributed by atoms with Crippen molar-refractivity contribution >= 4 is 6.09 Å². The van der Waals surface area contributed by atoms with Gasteiger partial charge in [0, 0.05) is 31.8 Å². The highest BCUT2D eigenvalue weighted by atomic mass is 16.6. The van der Waals surface area contributed by atoms with Crippen LogP contribution in [0.15, 0.2) is 0 Å². The second kappa shape index (κ2) is 8.16. The lowest BCUT2D eigenvalue weighted by Gasteiger charge is -2.37. The summed E-state index contributed by atoms with van der Waals surface area (Å²) in [7, 11) is 0. The van der Waals surface area contributed by atoms with Crippen LogP contribution in [0.3, 0.4) is 0 Å². The molecule has 0 atom stereocenters. The standard InChI is InChI=1S/C17H36N2O3/c1-15(2,3)19(14(21)22-16(4,5)6)11-10-18-13-17(7,8)9-12-20/h18,20H,9-13H2,1-8H3. The summed E-state index contributed by atoms with van der Waals surface area (Å²) in [4.78, 5) is 14.1. The first kappa shape index (κ1) is 21.2. The minimum Gasteiger partial charge on any atom is -0.444 e. The molecule has 0 heterocycles. The molecule has 2 N–H and O–H groups in total. The average molecular weight is 316 g/mol. The van der Waals surface area contributed by atoms with Gasteiger partial charge in [-0.1, -0.05) is 13.8 Å². The smallest absolute Gasteiger partial charge is 0.410 e. The molecule has 1 amide bonds. The lowest BCUT2D eigenvalue weighted by molar-refractivity contribution is 0.00653. The van der Waals surface area contributed by atoms with Crippen LogP contribution in [0.4, 0.5) is 4.79 Å². The molecule has 0 aromatic heterocycles. The second-order valence-electron chi connectivity index (χ2n) is 8.62. The highest BCUT2D eigenvalue weighted by molar-refractivity contribution is 5.69. The first-order chi connectivity index (χ1) is 9.78. The maximum atomic E-state index is 12.3. The molecule has 22 heavy (non-hydrogen) atoms. The van der Waals surface area contributed by atoms with E-state index in [9.17, 15) is 4.79 Å². The van der Waals surface area contributed by atoms with Crippen LogP contribution < -0.4 is 5.32 Å². The van der Waals surface area contributed by atoms with Gasteiger partial charge in [-0.25, -0.2) is 4.79 Å². The van der Waals surface area contributed by atoms with E-state index in [0.29, 0.717) is 13.1 Å². The third kappa shape index (κ3) is 9.26. The quantitative estimate of drug-likeness (QED) is 0.709. The average Bonchev–Trinajstić information content (AvgIpc) is 2.23. The second-order valence-corrected chi connectivity index (χ2v) is 8.62. The van der Waals surface area contributed by atoms with Crippen molar-refractivity contribution in [2.45, 2.75) is 73.0 Å². The third-order valence-electron chi connectivity index (χ3n) is 3.33. The molecule has 0 aromatic carbocycles. The molecule has 0 radical (unpaired) electrons. The number of nitrogens with one attached hydrogen (secondary N) is 1. The van der Waals surface area contributed by atoms with Crippen molar-refractivity contribution in [3.05, 3.63) is 0 Å². The van der Waals surface area contributed by atoms with E-state index in [1.165, 1.54) is 0 Å². The highest BCUT2D eigenvalue weighted by Crippen LogP contribution is 2.19. The number of ether oxygens (including phenoxy) is 1. The molecule has 0 fully saturated rings. The third-order valence-corrected chi connectivity index (χ3v) is 3.33. The summed E-state index contributed by atoms with van der Waals surface area (Å²) in [6.45, 7) is 18.2. The van der Waals surface area contributed by atoms with Crippen molar-refractivity contribution < 1.29 is 14.6 Å². The van der Waals surface area contributed by atoms with Gasteiger partial charge < -0.3 is 20.1 Å². The summed E-state index contributed by atoms with van der Waals surface area (Å²) in [6.07, 6.45) is 0.478. The molecule has 5 heteroatoms. The van der Waals surface area contributed by atoms with Gasteiger partial charge in [0.25, 0.3) is 0 Å². The van der Waals surface area contributed by atoms with Crippen molar-refractivity contribution in [2.24, 2.45) is 5.41 Å². The molecule has 0 aliphatic rings. The first-order valence-electron chi connectivity index (χ1n) is 8.11. The molecule has 0 aliphatic carbocycles. The first-order valence-corrected chi connectivity index (χ1v) is 8.11. The lowest BCUT2D eigenvalue weighted by atomic mass is 9.90. The van der Waals surface area contributed by atoms with Crippen LogP contribution in [-0.4, -0.2) is 53.5 Å². The SMILES string of the molecule is CC(C)(CCO)CNCCN(C(=O)OC(C)(C)C)C(C)(C)C. The Bertz CT molecular complexity index is 341. The van der Waals surface area contributed by atoms with Crippen LogP contribution in [0.5, 0.6) is 0 Å². The molecule has 0 aromatic rings. The van der Waals surface area contributed by atoms with E-state index in [1.807, 2.05) is 41.5 Å². The lowest BCUT2D eigenvalue weighted by Crippen LogP contribution is -2.50. The van der Waals surface area contributed by atoms with Gasteiger partial charge in [-0.05, 0) is 53.4 Å². The van der Waals surface area contributed by atoms with Gasteiger partial charge in [-0.2, -0.15) is 0 Å². The molecule has 0 aliphatic heterocycles. The minimum atomic E-state index is -0.489. The summed E-state index contributed by atoms with van der Waals surface area (Å²) in [5, 5.41) is 12.4. The Morgan fingerprint density at radius 1 is 1.09 bits per heavy atom. The van der Waals surface area contributed by atoms with Crippen LogP contribution in [0.25, 0.3) is 0 Å². The van der Waals surface area contributed by atoms with E-state index in [1.54, 1.807) is 4.90 Å². The number of hydrogen-bond donors (Lipinski definition) is 2. The van der Waals surface area contributed by atoms with Crippen molar-refractivity contribution in [2.75, 3.05) is 26.2 Å². The van der Waals surface area contributed by atoms with Gasteiger partial charge in [0.1, 0.15) is 5.60 Å². The number of aliphatic hydroxyl groups is 1. The molecule has 0 saturated heterocycles. The fraction of sp³-hybridized carbons (Fsp3) is 0.941. The largest absolute Gasteiger partial charge is 0.444 e. The Morgan fingerprint density at radius 3 is 2.05 bits per heavy atom. The maximum absolute atomic E-state index is 12.3. The maximum Gasteiger partial charge on any atom is 0.410 e. The number of aliphatic hydroxyl groups excluding tert-OH is 1. The highest BCUT2D eigenvalue weighted by Gasteiger charge is 2.30. The van der Waals surface area contributed by atoms with Gasteiger partial charge in [-0.3, -0.25) is 0 Å². The molecular formula is C17H36N2O3. The normalized spacial score (nSPS) is 13.1. The van der Waals surface area contributed by atoms with Crippen LogP contribution in [0.2, 0.25) is 0 Å². The molecule has 0 unspecified atom stereocenters. The fourth-order valence-electron chi connectivity index (χ4n) is 2.03. The summed E-state index contributed by atoms with van der Waals surface area (Å²) >= 11 is 0. The van der Waals surface area contributed by atoms with E-state index in [2.05, 4.69) is 19.2 Å². The predicted octanol–water partition coefficient (Wildman–Crippen LogP) is 3.02. The van der Waals surface area contributed by atoms with Crippen molar-refractivity contribution in [1.82, 2.24) is 10.2 Å². The van der Waals surface area contributed by atoms with Gasteiger partial charge in [-0.15, -0.1) is 0 Å². The fourth-order valence-corrected chi connectivity index (χ4v) is 2.03. The molecule has 5 nitrogen and oxygen atoms in total. The van der Waals surface area contributed by atoms with E-state index in [0.717, 1.165) is 13.0 Å². The summed E-state index contributed by atoms with van der Waals surface area (Å²) in [5.41, 5.74) is -0.727. The van der Waals surface area contributed by atoms with Gasteiger partial charge in [0.2, 0.25) is 0 Å². The number of carbonyl (C=O) groups is 1. The number of nitrogens with zero attached hydrogens (tertiary/aromatic N) is 1. The van der Waals surface area contributed by atoms with Crippen molar-refractivity contribution in [3.63, 3.8) is 0 Å². The number of rotatable bonds is 7. The van der Waals surface area contributed by atoms with E-state index in [4.69, 9.17) is 9.84 Å². The Kier molecular flexibility index (Phi) is 7.86. The number of amides is 1. The number of carbonyl (C=O) groups excluding carboxylic acids is 1. The minimum absolute atomic E-state index is 0.0488. The Labute approximate surface area is 136 Å². The molecule has 0 spiro atoms. The Balaban J connectivity index is 4.49. The van der Waals surface area contributed by atoms with Gasteiger partial charge in [0.05, 0.1) is 0 Å². The van der Waals surface area contributed by atoms with Crippen LogP contribution in [0, 0.1) is 5.41 Å². The van der Waals surface area contributed by atoms with E-state index < -0.39 is 5.60 Å². The Morgan fingerprint density at radius 2 is 1.64 bits per heavy atom. The summed E-state index contributed by atoms with van der Waals surface area (Å²) in [6, 6.07) is 0. The predicted molar refractivity (Wildman–Crippen MR) is 91.0 cm³/mol. The monoisotopic (exact) mass is 316 g/mol. The molecular weight excluding hydrogens is 280 g/mol. The topological polar surface area (TPSA) is 61.8 Å². The number of hydrogen-bond acceptors (Lipinski definition) is 4.